The van der Waals surface area contributed by atoms with Crippen LogP contribution < -0.4 is 16.0 Å². The molecule has 0 saturated carbocycles. The predicted octanol–water partition coefficient (Wildman–Crippen LogP) is 3.20. The maximum atomic E-state index is 13.7. The number of aliphatic hydroxyl groups excluding tert-OH is 1. The lowest BCUT2D eigenvalue weighted by molar-refractivity contribution is 0.0896. The van der Waals surface area contributed by atoms with E-state index in [2.05, 4.69) is 17.0 Å². The number of rotatable bonds is 7. The van der Waals surface area contributed by atoms with Gasteiger partial charge in [-0.3, -0.25) is 18.8 Å². The Kier molecular flexibility index (Phi) is 6.76. The standard InChI is InChI=1S/C29H31N3O4/c1-20(21-11-13-25(36-2)14-12-21)32-27-10-6-5-9-26(27)28(34)31(29(32)35)19-24(33)18-30-16-15-22-7-3-4-8-23(22)17-30/h3-14,20,24,33H,15-19H2,1-2H3. The lowest BCUT2D eigenvalue weighted by Crippen LogP contribution is -2.46. The van der Waals surface area contributed by atoms with Gasteiger partial charge in [0.2, 0.25) is 0 Å². The maximum Gasteiger partial charge on any atom is 0.332 e. The smallest absolute Gasteiger partial charge is 0.332 e. The molecule has 0 amide bonds. The minimum absolute atomic E-state index is 0.0595. The highest BCUT2D eigenvalue weighted by Crippen LogP contribution is 2.23. The Bertz CT molecular complexity index is 1490. The minimum atomic E-state index is -0.855. The Morgan fingerprint density at radius 3 is 2.36 bits per heavy atom. The summed E-state index contributed by atoms with van der Waals surface area (Å²) in [5.74, 6) is 0.733. The van der Waals surface area contributed by atoms with Gasteiger partial charge in [0, 0.05) is 19.6 Å². The second-order valence-corrected chi connectivity index (χ2v) is 9.44. The lowest BCUT2D eigenvalue weighted by Gasteiger charge is -2.30. The van der Waals surface area contributed by atoms with E-state index >= 15 is 0 Å². The van der Waals surface area contributed by atoms with Crippen molar-refractivity contribution >= 4 is 10.9 Å². The number of methoxy groups -OCH3 is 1. The molecule has 1 aliphatic rings. The zero-order valence-electron chi connectivity index (χ0n) is 20.6. The van der Waals surface area contributed by atoms with Crippen LogP contribution in [0.15, 0.2) is 82.4 Å². The highest BCUT2D eigenvalue weighted by Gasteiger charge is 2.22. The highest BCUT2D eigenvalue weighted by atomic mass is 16.5. The number of hydrogen-bond donors (Lipinski definition) is 1. The van der Waals surface area contributed by atoms with Crippen LogP contribution in [0.2, 0.25) is 0 Å². The topological polar surface area (TPSA) is 76.7 Å². The summed E-state index contributed by atoms with van der Waals surface area (Å²) in [6.07, 6.45) is 0.0666. The summed E-state index contributed by atoms with van der Waals surface area (Å²) in [5.41, 5.74) is 3.29. The van der Waals surface area contributed by atoms with Crippen molar-refractivity contribution in [3.63, 3.8) is 0 Å². The van der Waals surface area contributed by atoms with E-state index in [1.165, 1.54) is 15.7 Å². The van der Waals surface area contributed by atoms with E-state index in [-0.39, 0.29) is 18.1 Å². The second kappa shape index (κ2) is 10.1. The van der Waals surface area contributed by atoms with Gasteiger partial charge in [-0.1, -0.05) is 48.5 Å². The van der Waals surface area contributed by atoms with E-state index in [1.807, 2.05) is 49.4 Å². The Morgan fingerprint density at radius 1 is 0.917 bits per heavy atom. The molecule has 0 fully saturated rings. The number of benzene rings is 3. The second-order valence-electron chi connectivity index (χ2n) is 9.44. The molecule has 2 unspecified atom stereocenters. The Balaban J connectivity index is 1.46. The van der Waals surface area contributed by atoms with Crippen molar-refractivity contribution in [2.24, 2.45) is 0 Å². The average Bonchev–Trinajstić information content (AvgIpc) is 2.91. The zero-order valence-corrected chi connectivity index (χ0v) is 20.6. The van der Waals surface area contributed by atoms with Gasteiger partial charge in [-0.2, -0.15) is 0 Å². The fraction of sp³-hybridized carbons (Fsp3) is 0.310. The third-order valence-corrected chi connectivity index (χ3v) is 7.13. The summed E-state index contributed by atoms with van der Waals surface area (Å²) in [5, 5.41) is 11.4. The molecule has 2 atom stereocenters. The van der Waals surface area contributed by atoms with Gasteiger partial charge in [-0.15, -0.1) is 0 Å². The molecule has 1 aromatic heterocycles. The first-order chi connectivity index (χ1) is 17.5. The average molecular weight is 486 g/mol. The Hall–Kier alpha value is -3.68. The predicted molar refractivity (Wildman–Crippen MR) is 141 cm³/mol. The van der Waals surface area contributed by atoms with Gasteiger partial charge in [-0.25, -0.2) is 4.79 Å². The third kappa shape index (κ3) is 4.59. The van der Waals surface area contributed by atoms with Gasteiger partial charge >= 0.3 is 5.69 Å². The molecule has 3 aromatic carbocycles. The number of aromatic nitrogens is 2. The number of fused-ring (bicyclic) bond motifs is 2. The summed E-state index contributed by atoms with van der Waals surface area (Å²) < 4.78 is 8.09. The van der Waals surface area contributed by atoms with Crippen molar-refractivity contribution < 1.29 is 9.84 Å². The molecule has 0 spiro atoms. The van der Waals surface area contributed by atoms with Crippen LogP contribution in [0, 0.1) is 0 Å². The molecule has 0 bridgehead atoms. The lowest BCUT2D eigenvalue weighted by atomic mass is 10.00. The molecule has 1 aliphatic heterocycles. The van der Waals surface area contributed by atoms with Crippen LogP contribution >= 0.6 is 0 Å². The SMILES string of the molecule is COc1ccc(C(C)n2c(=O)n(CC(O)CN3CCc4ccccc4C3)c(=O)c3ccccc32)cc1. The monoisotopic (exact) mass is 485 g/mol. The first-order valence-electron chi connectivity index (χ1n) is 12.3. The number of aliphatic hydroxyl groups is 1. The van der Waals surface area contributed by atoms with Gasteiger partial charge in [0.05, 0.1) is 36.7 Å². The van der Waals surface area contributed by atoms with Crippen LogP contribution in [-0.2, 0) is 19.5 Å². The largest absolute Gasteiger partial charge is 0.497 e. The molecule has 0 aliphatic carbocycles. The molecule has 7 heteroatoms. The van der Waals surface area contributed by atoms with Gasteiger partial charge in [0.15, 0.2) is 0 Å². The normalized spacial score (nSPS) is 15.4. The molecule has 4 aromatic rings. The molecule has 0 saturated heterocycles. The number of nitrogens with zero attached hydrogens (tertiary/aromatic N) is 3. The minimum Gasteiger partial charge on any atom is -0.497 e. The maximum absolute atomic E-state index is 13.7. The van der Waals surface area contributed by atoms with E-state index < -0.39 is 11.8 Å². The van der Waals surface area contributed by atoms with Gasteiger partial charge < -0.3 is 9.84 Å². The third-order valence-electron chi connectivity index (χ3n) is 7.13. The zero-order chi connectivity index (χ0) is 25.2. The van der Waals surface area contributed by atoms with Crippen LogP contribution in [0.1, 0.15) is 29.7 Å². The molecular weight excluding hydrogens is 454 g/mol. The van der Waals surface area contributed by atoms with E-state index in [4.69, 9.17) is 4.74 Å². The van der Waals surface area contributed by atoms with Crippen LogP contribution in [0.3, 0.4) is 0 Å². The summed E-state index contributed by atoms with van der Waals surface area (Å²) in [4.78, 5) is 29.2. The van der Waals surface area contributed by atoms with Crippen LogP contribution in [0.4, 0.5) is 0 Å². The van der Waals surface area contributed by atoms with Crippen molar-refractivity contribution in [3.8, 4) is 5.75 Å². The van der Waals surface area contributed by atoms with Crippen molar-refractivity contribution in [3.05, 3.63) is 110 Å². The molecule has 7 nitrogen and oxygen atoms in total. The number of para-hydroxylation sites is 1. The summed E-state index contributed by atoms with van der Waals surface area (Å²) in [7, 11) is 1.61. The number of β-amino-alcohol motifs (C(OH)–C–C–N with tert-alkyl or cyclic N) is 1. The summed E-state index contributed by atoms with van der Waals surface area (Å²) in [6.45, 7) is 3.85. The highest BCUT2D eigenvalue weighted by molar-refractivity contribution is 5.78. The molecule has 1 N–H and O–H groups in total. The van der Waals surface area contributed by atoms with Crippen molar-refractivity contribution in [1.29, 1.82) is 0 Å². The van der Waals surface area contributed by atoms with Crippen LogP contribution in [0.5, 0.6) is 5.75 Å². The fourth-order valence-corrected chi connectivity index (χ4v) is 5.17. The van der Waals surface area contributed by atoms with E-state index in [0.29, 0.717) is 17.4 Å². The number of hydrogen-bond acceptors (Lipinski definition) is 5. The quantitative estimate of drug-likeness (QED) is 0.435. The molecule has 186 valence electrons. The van der Waals surface area contributed by atoms with Gasteiger partial charge in [0.25, 0.3) is 5.56 Å². The van der Waals surface area contributed by atoms with Crippen molar-refractivity contribution in [2.45, 2.75) is 38.6 Å². The van der Waals surface area contributed by atoms with Gasteiger partial charge in [0.1, 0.15) is 5.75 Å². The first kappa shape index (κ1) is 24.0. The van der Waals surface area contributed by atoms with Crippen LogP contribution in [0.25, 0.3) is 10.9 Å². The summed E-state index contributed by atoms with van der Waals surface area (Å²) >= 11 is 0. The van der Waals surface area contributed by atoms with Crippen molar-refractivity contribution in [1.82, 2.24) is 14.0 Å². The molecule has 0 radical (unpaired) electrons. The van der Waals surface area contributed by atoms with Crippen LogP contribution in [-0.4, -0.2) is 45.4 Å². The molecule has 5 rings (SSSR count). The Labute approximate surface area is 209 Å². The molecule has 36 heavy (non-hydrogen) atoms. The first-order valence-corrected chi connectivity index (χ1v) is 12.3. The summed E-state index contributed by atoms with van der Waals surface area (Å²) in [6, 6.07) is 22.7. The van der Waals surface area contributed by atoms with E-state index in [9.17, 15) is 14.7 Å². The molecule has 2 heterocycles. The number of ether oxygens (including phenoxy) is 1. The van der Waals surface area contributed by atoms with E-state index in [0.717, 1.165) is 30.8 Å². The van der Waals surface area contributed by atoms with E-state index in [1.54, 1.807) is 29.9 Å². The fourth-order valence-electron chi connectivity index (χ4n) is 5.17. The van der Waals surface area contributed by atoms with Crippen molar-refractivity contribution in [2.75, 3.05) is 20.2 Å². The Morgan fingerprint density at radius 2 is 1.61 bits per heavy atom. The molecular formula is C29H31N3O4. The van der Waals surface area contributed by atoms with Gasteiger partial charge in [-0.05, 0) is 54.3 Å².